The van der Waals surface area contributed by atoms with Crippen LogP contribution < -0.4 is 0 Å². The highest BCUT2D eigenvalue weighted by molar-refractivity contribution is 6.04. The summed E-state index contributed by atoms with van der Waals surface area (Å²) >= 11 is 0. The van der Waals surface area contributed by atoms with E-state index in [2.05, 4.69) is 5.16 Å². The second-order valence-corrected chi connectivity index (χ2v) is 9.19. The fraction of sp³-hybridized carbons (Fsp3) is 0.700. The van der Waals surface area contributed by atoms with Crippen LogP contribution in [0.2, 0.25) is 0 Å². The summed E-state index contributed by atoms with van der Waals surface area (Å²) in [7, 11) is 0. The predicted octanol–water partition coefficient (Wildman–Crippen LogP) is 1.99. The molecular weight excluding hydrogens is 360 g/mol. The van der Waals surface area contributed by atoms with Crippen molar-refractivity contribution in [2.24, 2.45) is 11.3 Å². The summed E-state index contributed by atoms with van der Waals surface area (Å²) in [5, 5.41) is 3.91. The van der Waals surface area contributed by atoms with Gasteiger partial charge in [-0.1, -0.05) is 32.9 Å². The zero-order valence-electron chi connectivity index (χ0n) is 17.6. The van der Waals surface area contributed by atoms with Crippen LogP contribution in [-0.4, -0.2) is 69.9 Å². The summed E-state index contributed by atoms with van der Waals surface area (Å²) in [4.78, 5) is 43.6. The molecule has 1 unspecified atom stereocenters. The molecule has 8 heteroatoms. The molecule has 0 aromatic carbocycles. The molecule has 0 radical (unpaired) electrons. The van der Waals surface area contributed by atoms with Crippen molar-refractivity contribution in [3.63, 3.8) is 0 Å². The highest BCUT2D eigenvalue weighted by Gasteiger charge is 2.50. The molecule has 3 rings (SSSR count). The lowest BCUT2D eigenvalue weighted by atomic mass is 9.92. The highest BCUT2D eigenvalue weighted by Crippen LogP contribution is 2.31. The number of carbonyl (C=O) groups is 3. The van der Waals surface area contributed by atoms with E-state index in [1.165, 1.54) is 4.90 Å². The molecule has 0 bridgehead atoms. The highest BCUT2D eigenvalue weighted by atomic mass is 16.5. The fourth-order valence-electron chi connectivity index (χ4n) is 4.09. The number of aryl methyl sites for hydroxylation is 2. The minimum absolute atomic E-state index is 0.0770. The zero-order chi connectivity index (χ0) is 20.8. The number of imide groups is 1. The van der Waals surface area contributed by atoms with Gasteiger partial charge in [0.1, 0.15) is 11.8 Å². The Kier molecular flexibility index (Phi) is 5.25. The monoisotopic (exact) mass is 390 g/mol. The minimum Gasteiger partial charge on any atom is -0.361 e. The Labute approximate surface area is 165 Å². The topological polar surface area (TPSA) is 87.0 Å². The van der Waals surface area contributed by atoms with Gasteiger partial charge in [-0.25, -0.2) is 4.79 Å². The summed E-state index contributed by atoms with van der Waals surface area (Å²) in [5.74, 6) is 0.553. The smallest absolute Gasteiger partial charge is 0.327 e. The van der Waals surface area contributed by atoms with Crippen molar-refractivity contribution in [2.75, 3.05) is 26.2 Å². The van der Waals surface area contributed by atoms with Crippen LogP contribution >= 0.6 is 0 Å². The van der Waals surface area contributed by atoms with E-state index in [0.29, 0.717) is 31.1 Å². The van der Waals surface area contributed by atoms with Crippen LogP contribution in [0.5, 0.6) is 0 Å². The standard InChI is InChI=1S/C20H30N4O4/c1-12(2)8-23-18(26)16-9-22(10-20(5,6)11-24(16)19(23)27)17(25)7-15-13(3)21-28-14(15)4/h12,16H,7-11H2,1-6H3. The van der Waals surface area contributed by atoms with Crippen LogP contribution in [0.3, 0.4) is 0 Å². The average molecular weight is 390 g/mol. The Morgan fingerprint density at radius 3 is 2.50 bits per heavy atom. The Hall–Kier alpha value is -2.38. The Morgan fingerprint density at radius 2 is 1.93 bits per heavy atom. The molecule has 3 heterocycles. The van der Waals surface area contributed by atoms with Gasteiger partial charge >= 0.3 is 6.03 Å². The van der Waals surface area contributed by atoms with E-state index in [0.717, 1.165) is 5.56 Å². The largest absolute Gasteiger partial charge is 0.361 e. The molecular formula is C20H30N4O4. The molecule has 0 N–H and O–H groups in total. The molecule has 4 amide bonds. The lowest BCUT2D eigenvalue weighted by molar-refractivity contribution is -0.133. The summed E-state index contributed by atoms with van der Waals surface area (Å²) < 4.78 is 5.17. The van der Waals surface area contributed by atoms with Crippen LogP contribution in [0.1, 0.15) is 44.7 Å². The van der Waals surface area contributed by atoms with Crippen molar-refractivity contribution in [2.45, 2.75) is 54.0 Å². The van der Waals surface area contributed by atoms with E-state index in [-0.39, 0.29) is 42.1 Å². The molecule has 1 aromatic rings. The third-order valence-corrected chi connectivity index (χ3v) is 5.42. The number of fused-ring (bicyclic) bond motifs is 1. The molecule has 1 atom stereocenters. The van der Waals surface area contributed by atoms with Gasteiger partial charge in [0.25, 0.3) is 5.91 Å². The maximum Gasteiger partial charge on any atom is 0.327 e. The molecule has 1 aromatic heterocycles. The van der Waals surface area contributed by atoms with Gasteiger partial charge < -0.3 is 14.3 Å². The first-order chi connectivity index (χ1) is 13.0. The molecule has 154 valence electrons. The normalized spacial score (nSPS) is 22.1. The maximum absolute atomic E-state index is 13.1. The third kappa shape index (κ3) is 3.77. The van der Waals surface area contributed by atoms with Gasteiger partial charge in [0.05, 0.1) is 18.7 Å². The zero-order valence-corrected chi connectivity index (χ0v) is 17.6. The van der Waals surface area contributed by atoms with Crippen LogP contribution in [0.4, 0.5) is 4.79 Å². The third-order valence-electron chi connectivity index (χ3n) is 5.42. The molecule has 8 nitrogen and oxygen atoms in total. The summed E-state index contributed by atoms with van der Waals surface area (Å²) in [6.07, 6.45) is 0.182. The fourth-order valence-corrected chi connectivity index (χ4v) is 4.09. The van der Waals surface area contributed by atoms with Crippen LogP contribution in [-0.2, 0) is 16.0 Å². The second-order valence-electron chi connectivity index (χ2n) is 9.19. The van der Waals surface area contributed by atoms with Crippen molar-refractivity contribution in [3.05, 3.63) is 17.0 Å². The molecule has 0 spiro atoms. The molecule has 28 heavy (non-hydrogen) atoms. The molecule has 0 aliphatic carbocycles. The van der Waals surface area contributed by atoms with E-state index in [1.807, 2.05) is 34.6 Å². The number of aromatic nitrogens is 1. The van der Waals surface area contributed by atoms with Crippen molar-refractivity contribution in [3.8, 4) is 0 Å². The SMILES string of the molecule is Cc1noc(C)c1CC(=O)N1CC2C(=O)N(CC(C)C)C(=O)N2CC(C)(C)C1. The van der Waals surface area contributed by atoms with Gasteiger partial charge in [-0.15, -0.1) is 0 Å². The average Bonchev–Trinajstić information content (AvgIpc) is 2.94. The van der Waals surface area contributed by atoms with Gasteiger partial charge in [0, 0.05) is 30.6 Å². The number of hydrogen-bond acceptors (Lipinski definition) is 5. The Balaban J connectivity index is 1.84. The van der Waals surface area contributed by atoms with E-state index < -0.39 is 6.04 Å². The first kappa shape index (κ1) is 20.4. The Bertz CT molecular complexity index is 779. The van der Waals surface area contributed by atoms with Gasteiger partial charge in [-0.3, -0.25) is 14.5 Å². The number of hydrogen-bond donors (Lipinski definition) is 0. The molecule has 2 aliphatic rings. The van der Waals surface area contributed by atoms with Gasteiger partial charge in [-0.2, -0.15) is 0 Å². The van der Waals surface area contributed by atoms with Crippen molar-refractivity contribution < 1.29 is 18.9 Å². The Morgan fingerprint density at radius 1 is 1.25 bits per heavy atom. The lowest BCUT2D eigenvalue weighted by Gasteiger charge is -2.31. The quantitative estimate of drug-likeness (QED) is 0.734. The van der Waals surface area contributed by atoms with E-state index in [9.17, 15) is 14.4 Å². The van der Waals surface area contributed by atoms with Gasteiger partial charge in [0.2, 0.25) is 5.91 Å². The van der Waals surface area contributed by atoms with Gasteiger partial charge in [-0.05, 0) is 19.8 Å². The summed E-state index contributed by atoms with van der Waals surface area (Å²) in [6, 6.07) is -0.849. The summed E-state index contributed by atoms with van der Waals surface area (Å²) in [6.45, 7) is 13.2. The van der Waals surface area contributed by atoms with Crippen LogP contribution in [0, 0.1) is 25.2 Å². The van der Waals surface area contributed by atoms with Crippen molar-refractivity contribution in [1.82, 2.24) is 19.9 Å². The minimum atomic E-state index is -0.610. The van der Waals surface area contributed by atoms with E-state index >= 15 is 0 Å². The van der Waals surface area contributed by atoms with Crippen LogP contribution in [0.25, 0.3) is 0 Å². The van der Waals surface area contributed by atoms with E-state index in [1.54, 1.807) is 16.7 Å². The predicted molar refractivity (Wildman–Crippen MR) is 102 cm³/mol. The van der Waals surface area contributed by atoms with Crippen LogP contribution in [0.15, 0.2) is 4.52 Å². The number of amides is 4. The number of urea groups is 1. The molecule has 2 aliphatic heterocycles. The number of carbonyl (C=O) groups excluding carboxylic acids is 3. The molecule has 2 fully saturated rings. The summed E-state index contributed by atoms with van der Waals surface area (Å²) in [5.41, 5.74) is 1.18. The van der Waals surface area contributed by atoms with Gasteiger partial charge in [0.15, 0.2) is 0 Å². The first-order valence-corrected chi connectivity index (χ1v) is 9.81. The molecule has 2 saturated heterocycles. The maximum atomic E-state index is 13.1. The van der Waals surface area contributed by atoms with Crippen molar-refractivity contribution >= 4 is 17.8 Å². The number of rotatable bonds is 4. The van der Waals surface area contributed by atoms with E-state index in [4.69, 9.17) is 4.52 Å². The first-order valence-electron chi connectivity index (χ1n) is 9.81. The second kappa shape index (κ2) is 7.22. The molecule has 0 saturated carbocycles. The lowest BCUT2D eigenvalue weighted by Crippen LogP contribution is -2.44. The number of nitrogens with zero attached hydrogens (tertiary/aromatic N) is 4. The van der Waals surface area contributed by atoms with Crippen molar-refractivity contribution in [1.29, 1.82) is 0 Å².